The summed E-state index contributed by atoms with van der Waals surface area (Å²) in [5.41, 5.74) is 4.48. The van der Waals surface area contributed by atoms with E-state index in [9.17, 15) is 9.59 Å². The lowest BCUT2D eigenvalue weighted by Crippen LogP contribution is -2.45. The number of hydrogen-bond donors (Lipinski definition) is 2. The van der Waals surface area contributed by atoms with Crippen molar-refractivity contribution in [3.63, 3.8) is 0 Å². The molecule has 2 amide bonds. The van der Waals surface area contributed by atoms with E-state index in [1.165, 1.54) is 0 Å². The molecule has 0 unspecified atom stereocenters. The largest absolute Gasteiger partial charge is 0.444 e. The first-order valence-electron chi connectivity index (χ1n) is 4.55. The van der Waals surface area contributed by atoms with E-state index in [0.29, 0.717) is 6.42 Å². The van der Waals surface area contributed by atoms with Crippen molar-refractivity contribution in [2.45, 2.75) is 45.8 Å². The van der Waals surface area contributed by atoms with Gasteiger partial charge in [-0.2, -0.15) is 0 Å². The van der Waals surface area contributed by atoms with Gasteiger partial charge in [0, 0.05) is 0 Å². The van der Waals surface area contributed by atoms with Gasteiger partial charge in [0.15, 0.2) is 0 Å². The maximum Gasteiger partial charge on any atom is 0.408 e. The Balaban J connectivity index is 4.11. The lowest BCUT2D eigenvalue weighted by molar-refractivity contribution is -0.120. The number of amides is 2. The Morgan fingerprint density at radius 1 is 1.43 bits per heavy atom. The summed E-state index contributed by atoms with van der Waals surface area (Å²) < 4.78 is 4.96. The molecule has 0 aliphatic heterocycles. The van der Waals surface area contributed by atoms with Gasteiger partial charge in [-0.1, -0.05) is 6.92 Å². The number of carbonyl (C=O) groups is 2. The van der Waals surface area contributed by atoms with Crippen molar-refractivity contribution in [3.8, 4) is 0 Å². The first-order valence-corrected chi connectivity index (χ1v) is 4.55. The second kappa shape index (κ2) is 4.83. The SMILES string of the molecule is CC[C@@H](NC(=O)OC(C)(C)C)C(N)=O. The summed E-state index contributed by atoms with van der Waals surface area (Å²) in [6, 6.07) is -0.662. The minimum Gasteiger partial charge on any atom is -0.444 e. The van der Waals surface area contributed by atoms with E-state index in [0.717, 1.165) is 0 Å². The number of nitrogens with one attached hydrogen (secondary N) is 1. The van der Waals surface area contributed by atoms with Gasteiger partial charge in [-0.25, -0.2) is 4.79 Å². The number of primary amides is 1. The average molecular weight is 202 g/mol. The molecular weight excluding hydrogens is 184 g/mol. The smallest absolute Gasteiger partial charge is 0.408 e. The summed E-state index contributed by atoms with van der Waals surface area (Å²) in [6.07, 6.45) is -0.169. The second-order valence-electron chi connectivity index (χ2n) is 4.01. The maximum atomic E-state index is 11.2. The molecule has 5 nitrogen and oxygen atoms in total. The van der Waals surface area contributed by atoms with Crippen molar-refractivity contribution in [1.82, 2.24) is 5.32 Å². The Hall–Kier alpha value is -1.26. The molecule has 0 aliphatic carbocycles. The molecule has 0 fully saturated rings. The Morgan fingerprint density at radius 3 is 2.21 bits per heavy atom. The minimum absolute atomic E-state index is 0.453. The van der Waals surface area contributed by atoms with E-state index in [1.807, 2.05) is 0 Å². The molecule has 82 valence electrons. The quantitative estimate of drug-likeness (QED) is 0.709. The van der Waals surface area contributed by atoms with Crippen molar-refractivity contribution < 1.29 is 14.3 Å². The number of rotatable bonds is 3. The Morgan fingerprint density at radius 2 is 1.93 bits per heavy atom. The van der Waals surface area contributed by atoms with Crippen LogP contribution in [0, 0.1) is 0 Å². The molecule has 14 heavy (non-hydrogen) atoms. The fourth-order valence-electron chi connectivity index (χ4n) is 0.824. The molecule has 0 spiro atoms. The predicted molar refractivity (Wildman–Crippen MR) is 52.6 cm³/mol. The van der Waals surface area contributed by atoms with Crippen LogP contribution in [0.3, 0.4) is 0 Å². The molecule has 1 atom stereocenters. The maximum absolute atomic E-state index is 11.2. The van der Waals surface area contributed by atoms with Crippen molar-refractivity contribution in [2.75, 3.05) is 0 Å². The van der Waals surface area contributed by atoms with E-state index in [4.69, 9.17) is 10.5 Å². The van der Waals surface area contributed by atoms with Crippen molar-refractivity contribution in [1.29, 1.82) is 0 Å². The first kappa shape index (κ1) is 12.7. The van der Waals surface area contributed by atoms with E-state index >= 15 is 0 Å². The molecule has 0 saturated heterocycles. The molecule has 0 aromatic heterocycles. The lowest BCUT2D eigenvalue weighted by Gasteiger charge is -2.21. The van der Waals surface area contributed by atoms with E-state index < -0.39 is 23.6 Å². The molecule has 0 rings (SSSR count). The van der Waals surface area contributed by atoms with E-state index in [1.54, 1.807) is 27.7 Å². The molecule has 0 saturated carbocycles. The van der Waals surface area contributed by atoms with Crippen molar-refractivity contribution in [2.24, 2.45) is 5.73 Å². The van der Waals surface area contributed by atoms with Gasteiger partial charge in [0.1, 0.15) is 11.6 Å². The van der Waals surface area contributed by atoms with Crippen LogP contribution < -0.4 is 11.1 Å². The van der Waals surface area contributed by atoms with Crippen LogP contribution in [0.4, 0.5) is 4.79 Å². The lowest BCUT2D eigenvalue weighted by atomic mass is 10.2. The summed E-state index contributed by atoms with van der Waals surface area (Å²) in [7, 11) is 0. The number of hydrogen-bond acceptors (Lipinski definition) is 3. The normalized spacial score (nSPS) is 13.1. The van der Waals surface area contributed by atoms with Gasteiger partial charge in [-0.3, -0.25) is 4.79 Å². The molecule has 0 heterocycles. The van der Waals surface area contributed by atoms with Crippen LogP contribution in [0.5, 0.6) is 0 Å². The summed E-state index contributed by atoms with van der Waals surface area (Å²) in [5.74, 6) is -0.557. The highest BCUT2D eigenvalue weighted by molar-refractivity contribution is 5.84. The minimum atomic E-state index is -0.662. The molecule has 5 heteroatoms. The van der Waals surface area contributed by atoms with Crippen LogP contribution >= 0.6 is 0 Å². The van der Waals surface area contributed by atoms with Gasteiger partial charge in [0.25, 0.3) is 0 Å². The molecule has 0 radical (unpaired) electrons. The van der Waals surface area contributed by atoms with Crippen molar-refractivity contribution >= 4 is 12.0 Å². The highest BCUT2D eigenvalue weighted by Gasteiger charge is 2.20. The second-order valence-corrected chi connectivity index (χ2v) is 4.01. The van der Waals surface area contributed by atoms with Gasteiger partial charge in [-0.05, 0) is 27.2 Å². The van der Waals surface area contributed by atoms with Gasteiger partial charge in [-0.15, -0.1) is 0 Å². The molecule has 0 aliphatic rings. The summed E-state index contributed by atoms with van der Waals surface area (Å²) >= 11 is 0. The molecule has 0 aromatic rings. The number of alkyl carbamates (subject to hydrolysis) is 1. The van der Waals surface area contributed by atoms with Gasteiger partial charge in [0.05, 0.1) is 0 Å². The molecule has 0 bridgehead atoms. The fourth-order valence-corrected chi connectivity index (χ4v) is 0.824. The zero-order valence-electron chi connectivity index (χ0n) is 9.09. The number of carbonyl (C=O) groups excluding carboxylic acids is 2. The first-order chi connectivity index (χ1) is 6.26. The van der Waals surface area contributed by atoms with Crippen LogP contribution in [0.2, 0.25) is 0 Å². The van der Waals surface area contributed by atoms with Crippen LogP contribution in [0.15, 0.2) is 0 Å². The highest BCUT2D eigenvalue weighted by atomic mass is 16.6. The highest BCUT2D eigenvalue weighted by Crippen LogP contribution is 2.06. The fraction of sp³-hybridized carbons (Fsp3) is 0.778. The third kappa shape index (κ3) is 5.40. The third-order valence-corrected chi connectivity index (χ3v) is 1.44. The number of nitrogens with two attached hydrogens (primary N) is 1. The third-order valence-electron chi connectivity index (χ3n) is 1.44. The summed E-state index contributed by atoms with van der Waals surface area (Å²) in [4.78, 5) is 22.0. The standard InChI is InChI=1S/C9H18N2O3/c1-5-6(7(10)12)11-8(13)14-9(2,3)4/h6H,5H2,1-4H3,(H2,10,12)(H,11,13)/t6-/m1/s1. The predicted octanol–water partition coefficient (Wildman–Crippen LogP) is 0.775. The van der Waals surface area contributed by atoms with Crippen molar-refractivity contribution in [3.05, 3.63) is 0 Å². The monoisotopic (exact) mass is 202 g/mol. The van der Waals surface area contributed by atoms with Crippen LogP contribution in [-0.4, -0.2) is 23.6 Å². The number of ether oxygens (including phenoxy) is 1. The molecule has 3 N–H and O–H groups in total. The summed E-state index contributed by atoms with van der Waals surface area (Å²) in [5, 5.41) is 2.39. The molecular formula is C9H18N2O3. The van der Waals surface area contributed by atoms with Crippen LogP contribution in [-0.2, 0) is 9.53 Å². The van der Waals surface area contributed by atoms with E-state index in [-0.39, 0.29) is 0 Å². The topological polar surface area (TPSA) is 81.4 Å². The van der Waals surface area contributed by atoms with Gasteiger partial charge >= 0.3 is 6.09 Å². The Labute approximate surface area is 84.0 Å². The Bertz CT molecular complexity index is 221. The summed E-state index contributed by atoms with van der Waals surface area (Å²) in [6.45, 7) is 7.00. The van der Waals surface area contributed by atoms with Crippen LogP contribution in [0.1, 0.15) is 34.1 Å². The molecule has 0 aromatic carbocycles. The average Bonchev–Trinajstić information content (AvgIpc) is 1.96. The zero-order valence-corrected chi connectivity index (χ0v) is 9.09. The van der Waals surface area contributed by atoms with Gasteiger partial charge in [0.2, 0.25) is 5.91 Å². The Kier molecular flexibility index (Phi) is 4.40. The van der Waals surface area contributed by atoms with Crippen LogP contribution in [0.25, 0.3) is 0 Å². The van der Waals surface area contributed by atoms with E-state index in [2.05, 4.69) is 5.32 Å². The zero-order chi connectivity index (χ0) is 11.4. The van der Waals surface area contributed by atoms with Gasteiger partial charge < -0.3 is 15.8 Å².